The van der Waals surface area contributed by atoms with Gasteiger partial charge >= 0.3 is 0 Å². The average molecular weight is 549 g/mol. The van der Waals surface area contributed by atoms with Crippen molar-refractivity contribution in [2.75, 3.05) is 6.61 Å². The number of rotatable bonds is 11. The lowest BCUT2D eigenvalue weighted by molar-refractivity contribution is 0.0592. The number of allylic oxidation sites excluding steroid dienone is 4. The van der Waals surface area contributed by atoms with Gasteiger partial charge < -0.3 is 15.3 Å². The molecule has 1 aromatic rings. The minimum absolute atomic E-state index is 0.135. The van der Waals surface area contributed by atoms with Crippen LogP contribution >= 0.6 is 0 Å². The second kappa shape index (κ2) is 13.5. The summed E-state index contributed by atoms with van der Waals surface area (Å²) in [6.07, 6.45) is 17.0. The lowest BCUT2D eigenvalue weighted by Crippen LogP contribution is -2.36. The van der Waals surface area contributed by atoms with Crippen LogP contribution in [-0.2, 0) is 6.42 Å². The molecule has 0 heterocycles. The molecule has 0 aromatic heterocycles. The summed E-state index contributed by atoms with van der Waals surface area (Å²) >= 11 is 0. The molecule has 3 aliphatic carbocycles. The second-order valence-corrected chi connectivity index (χ2v) is 14.3. The molecule has 0 spiro atoms. The first kappa shape index (κ1) is 31.3. The molecule has 0 unspecified atom stereocenters. The van der Waals surface area contributed by atoms with Crippen LogP contribution in [0.3, 0.4) is 0 Å². The van der Waals surface area contributed by atoms with E-state index >= 15 is 0 Å². The zero-order valence-corrected chi connectivity index (χ0v) is 25.7. The Labute approximate surface area is 244 Å². The van der Waals surface area contributed by atoms with Gasteiger partial charge in [-0.15, -0.1) is 0 Å². The third-order valence-corrected chi connectivity index (χ3v) is 11.0. The van der Waals surface area contributed by atoms with Gasteiger partial charge in [0.25, 0.3) is 0 Å². The molecule has 0 amide bonds. The first-order chi connectivity index (χ1) is 19.0. The van der Waals surface area contributed by atoms with E-state index in [9.17, 15) is 15.3 Å². The van der Waals surface area contributed by atoms with E-state index in [4.69, 9.17) is 0 Å². The fraction of sp³-hybridized carbons (Fsp3) is 0.676. The van der Waals surface area contributed by atoms with Crippen LogP contribution in [-0.4, -0.2) is 33.6 Å². The Balaban J connectivity index is 1.50. The number of fused-ring (bicyclic) bond motifs is 1. The van der Waals surface area contributed by atoms with E-state index < -0.39 is 11.7 Å². The maximum absolute atomic E-state index is 11.3. The van der Waals surface area contributed by atoms with Crippen molar-refractivity contribution in [3.63, 3.8) is 0 Å². The molecule has 3 aliphatic rings. The highest BCUT2D eigenvalue weighted by Crippen LogP contribution is 2.60. The molecule has 4 rings (SSSR count). The molecular weight excluding hydrogens is 492 g/mol. The van der Waals surface area contributed by atoms with Gasteiger partial charge in [0.2, 0.25) is 0 Å². The number of aliphatic hydroxyl groups is 3. The molecule has 222 valence electrons. The van der Waals surface area contributed by atoms with Crippen LogP contribution in [0, 0.1) is 35.0 Å². The minimum atomic E-state index is -0.564. The van der Waals surface area contributed by atoms with E-state index in [1.165, 1.54) is 55.2 Å². The third kappa shape index (κ3) is 7.39. The largest absolute Gasteiger partial charge is 0.396 e. The van der Waals surface area contributed by atoms with Crippen LogP contribution in [0.5, 0.6) is 0 Å². The molecule has 0 aliphatic heterocycles. The SMILES string of the molecule is C=C1/C(=C\C=C2/CCC[C@]3(C)[C@@H]([C@H](C)CCCC(C)(C)O)CC[C@@H]23)C[C@@H](O)[C@H](CCCO)[C@@H]1Cc1ccccc1. The summed E-state index contributed by atoms with van der Waals surface area (Å²) < 4.78 is 0. The van der Waals surface area contributed by atoms with Crippen molar-refractivity contribution in [2.24, 2.45) is 35.0 Å². The number of hydrogen-bond acceptors (Lipinski definition) is 3. The topological polar surface area (TPSA) is 60.7 Å². The molecule has 3 heteroatoms. The zero-order valence-electron chi connectivity index (χ0n) is 25.7. The van der Waals surface area contributed by atoms with Crippen molar-refractivity contribution < 1.29 is 15.3 Å². The Hall–Kier alpha value is -1.68. The highest BCUT2D eigenvalue weighted by Gasteiger charge is 2.50. The van der Waals surface area contributed by atoms with E-state index in [1.54, 1.807) is 5.57 Å². The molecule has 0 radical (unpaired) electrons. The van der Waals surface area contributed by atoms with Crippen molar-refractivity contribution in [3.8, 4) is 0 Å². The molecule has 3 fully saturated rings. The maximum Gasteiger partial charge on any atom is 0.0614 e. The van der Waals surface area contributed by atoms with Crippen LogP contribution < -0.4 is 0 Å². The number of hydrogen-bond donors (Lipinski definition) is 3. The Morgan fingerprint density at radius 2 is 1.88 bits per heavy atom. The van der Waals surface area contributed by atoms with Gasteiger partial charge in [-0.2, -0.15) is 0 Å². The van der Waals surface area contributed by atoms with Crippen LogP contribution in [0.15, 0.2) is 65.8 Å². The highest BCUT2D eigenvalue weighted by molar-refractivity contribution is 5.40. The fourth-order valence-corrected chi connectivity index (χ4v) is 8.79. The zero-order chi connectivity index (χ0) is 28.9. The summed E-state index contributed by atoms with van der Waals surface area (Å²) in [4.78, 5) is 0. The summed E-state index contributed by atoms with van der Waals surface area (Å²) in [5.41, 5.74) is 5.08. The summed E-state index contributed by atoms with van der Waals surface area (Å²) in [5.74, 6) is 2.43. The lowest BCUT2D eigenvalue weighted by atomic mass is 9.60. The van der Waals surface area contributed by atoms with E-state index in [0.717, 1.165) is 38.0 Å². The van der Waals surface area contributed by atoms with Crippen molar-refractivity contribution in [3.05, 3.63) is 71.3 Å². The van der Waals surface area contributed by atoms with Crippen LogP contribution in [0.2, 0.25) is 0 Å². The Kier molecular flexibility index (Phi) is 10.6. The Bertz CT molecular complexity index is 1030. The van der Waals surface area contributed by atoms with Gasteiger partial charge in [0.05, 0.1) is 11.7 Å². The molecule has 3 nitrogen and oxygen atoms in total. The standard InChI is InChI=1S/C37H56O3/c1-26(12-9-21-36(3,4)40)33-19-20-34-29(15-10-22-37(33,34)5)17-18-30-25-35(39)31(16-11-23-38)32(27(30)2)24-28-13-7-6-8-14-28/h6-8,13-14,17-18,26,31-35,38-40H,2,9-12,15-16,19-25H2,1,3-5H3/b29-17+,30-18-/t26-,31-,32-,33-,34+,35-,37-/m1/s1. The summed E-state index contributed by atoms with van der Waals surface area (Å²) in [6.45, 7) is 13.6. The number of aliphatic hydroxyl groups excluding tert-OH is 2. The van der Waals surface area contributed by atoms with Gasteiger partial charge in [-0.05, 0) is 130 Å². The lowest BCUT2D eigenvalue weighted by Gasteiger charge is -2.44. The van der Waals surface area contributed by atoms with Crippen LogP contribution in [0.1, 0.15) is 104 Å². The van der Waals surface area contributed by atoms with E-state index in [1.807, 2.05) is 13.8 Å². The minimum Gasteiger partial charge on any atom is -0.396 e. The summed E-state index contributed by atoms with van der Waals surface area (Å²) in [5, 5.41) is 30.9. The van der Waals surface area contributed by atoms with Gasteiger partial charge in [0.15, 0.2) is 0 Å². The predicted octanol–water partition coefficient (Wildman–Crippen LogP) is 8.20. The Morgan fingerprint density at radius 1 is 1.12 bits per heavy atom. The molecule has 3 N–H and O–H groups in total. The molecule has 0 bridgehead atoms. The van der Waals surface area contributed by atoms with E-state index in [2.05, 4.69) is 62.9 Å². The highest BCUT2D eigenvalue weighted by atomic mass is 16.3. The first-order valence-electron chi connectivity index (χ1n) is 16.2. The number of benzene rings is 1. The van der Waals surface area contributed by atoms with Gasteiger partial charge in [0.1, 0.15) is 0 Å². The molecule has 1 aromatic carbocycles. The van der Waals surface area contributed by atoms with Gasteiger partial charge in [0, 0.05) is 6.61 Å². The van der Waals surface area contributed by atoms with Crippen LogP contribution in [0.4, 0.5) is 0 Å². The monoisotopic (exact) mass is 548 g/mol. The quantitative estimate of drug-likeness (QED) is 0.261. The van der Waals surface area contributed by atoms with Gasteiger partial charge in [-0.25, -0.2) is 0 Å². The molecule has 0 saturated heterocycles. The summed E-state index contributed by atoms with van der Waals surface area (Å²) in [7, 11) is 0. The van der Waals surface area contributed by atoms with Crippen molar-refractivity contribution in [1.29, 1.82) is 0 Å². The molecule has 40 heavy (non-hydrogen) atoms. The normalized spacial score (nSPS) is 33.9. The predicted molar refractivity (Wildman–Crippen MR) is 167 cm³/mol. The molecular formula is C37H56O3. The van der Waals surface area contributed by atoms with Crippen molar-refractivity contribution in [1.82, 2.24) is 0 Å². The Morgan fingerprint density at radius 3 is 2.58 bits per heavy atom. The smallest absolute Gasteiger partial charge is 0.0614 e. The average Bonchev–Trinajstić information content (AvgIpc) is 3.27. The fourth-order valence-electron chi connectivity index (χ4n) is 8.79. The van der Waals surface area contributed by atoms with Crippen LogP contribution in [0.25, 0.3) is 0 Å². The van der Waals surface area contributed by atoms with Gasteiger partial charge in [-0.3, -0.25) is 0 Å². The summed E-state index contributed by atoms with van der Waals surface area (Å²) in [6, 6.07) is 10.6. The van der Waals surface area contributed by atoms with Gasteiger partial charge in [-0.1, -0.05) is 81.3 Å². The van der Waals surface area contributed by atoms with Crippen molar-refractivity contribution in [2.45, 2.75) is 116 Å². The first-order valence-corrected chi connectivity index (χ1v) is 16.2. The second-order valence-electron chi connectivity index (χ2n) is 14.3. The van der Waals surface area contributed by atoms with E-state index in [-0.39, 0.29) is 18.4 Å². The molecule has 3 saturated carbocycles. The van der Waals surface area contributed by atoms with Crippen molar-refractivity contribution >= 4 is 0 Å². The third-order valence-electron chi connectivity index (χ3n) is 11.0. The van der Waals surface area contributed by atoms with E-state index in [0.29, 0.717) is 23.7 Å². The molecule has 7 atom stereocenters. The maximum atomic E-state index is 11.3.